The van der Waals surface area contributed by atoms with E-state index >= 15 is 14.4 Å². The van der Waals surface area contributed by atoms with Gasteiger partial charge in [0.1, 0.15) is 53.8 Å². The van der Waals surface area contributed by atoms with Gasteiger partial charge in [0.15, 0.2) is 11.7 Å². The Balaban J connectivity index is 1.32. The fourth-order valence-corrected chi connectivity index (χ4v) is 10.5. The molecule has 2 heterocycles. The van der Waals surface area contributed by atoms with Gasteiger partial charge in [-0.2, -0.15) is 0 Å². The molecule has 0 bridgehead atoms. The lowest BCUT2D eigenvalue weighted by molar-refractivity contribution is -0.137. The first-order valence-electron chi connectivity index (χ1n) is 30.7. The summed E-state index contributed by atoms with van der Waals surface area (Å²) in [6.45, 7) is 0.550. The van der Waals surface area contributed by atoms with Gasteiger partial charge < -0.3 is 91.3 Å². The summed E-state index contributed by atoms with van der Waals surface area (Å²) in [7, 11) is 0. The van der Waals surface area contributed by atoms with Crippen molar-refractivity contribution in [2.45, 2.75) is 125 Å². The lowest BCUT2D eigenvalue weighted by Gasteiger charge is -2.29. The second kappa shape index (κ2) is 34.5. The lowest BCUT2D eigenvalue weighted by atomic mass is 9.96. The fraction of sp³-hybridized carbons (Fsp3) is 0.333. The van der Waals surface area contributed by atoms with Gasteiger partial charge in [-0.1, -0.05) is 103 Å². The zero-order valence-corrected chi connectivity index (χ0v) is 52.0. The highest BCUT2D eigenvalue weighted by Gasteiger charge is 2.38. The number of H-pyrrole nitrogens is 1. The van der Waals surface area contributed by atoms with Gasteiger partial charge in [0.2, 0.25) is 59.1 Å². The van der Waals surface area contributed by atoms with Crippen LogP contribution in [-0.4, -0.2) is 160 Å². The monoisotopic (exact) mass is 1300 g/mol. The van der Waals surface area contributed by atoms with Crippen molar-refractivity contribution < 1.29 is 63.0 Å². The number of rotatable bonds is 21. The smallest absolute Gasteiger partial charge is 0.243 e. The molecular formula is C66H80N16O13. The van der Waals surface area contributed by atoms with Crippen molar-refractivity contribution in [3.8, 4) is 11.5 Å². The van der Waals surface area contributed by atoms with Gasteiger partial charge in [-0.25, -0.2) is 0 Å². The predicted octanol–water partition coefficient (Wildman–Crippen LogP) is -2.13. The van der Waals surface area contributed by atoms with Crippen molar-refractivity contribution in [1.29, 1.82) is 5.41 Å². The number of aromatic nitrogens is 1. The minimum atomic E-state index is -1.92. The number of fused-ring (bicyclic) bond motifs is 1. The molecule has 0 aliphatic carbocycles. The van der Waals surface area contributed by atoms with Gasteiger partial charge in [-0.3, -0.25) is 58.1 Å². The molecule has 10 atom stereocenters. The number of guanidine groups is 1. The van der Waals surface area contributed by atoms with Crippen molar-refractivity contribution >= 4 is 81.7 Å². The third-order valence-electron chi connectivity index (χ3n) is 15.6. The van der Waals surface area contributed by atoms with Crippen LogP contribution in [0.1, 0.15) is 60.4 Å². The Kier molecular flexibility index (Phi) is 25.8. The van der Waals surface area contributed by atoms with E-state index in [1.165, 1.54) is 43.3 Å². The van der Waals surface area contributed by atoms with Gasteiger partial charge in [0.05, 0.1) is 31.0 Å². The second-order valence-corrected chi connectivity index (χ2v) is 23.1. The number of carbonyl (C=O) groups is 11. The van der Waals surface area contributed by atoms with Gasteiger partial charge in [0, 0.05) is 43.0 Å². The number of aromatic hydroxyl groups is 2. The molecule has 0 saturated carbocycles. The van der Waals surface area contributed by atoms with E-state index in [0.29, 0.717) is 38.7 Å². The summed E-state index contributed by atoms with van der Waals surface area (Å²) in [5.74, 6) is -11.6. The first-order valence-corrected chi connectivity index (χ1v) is 30.7. The Hall–Kier alpha value is -11.2. The number of amides is 10. The highest BCUT2D eigenvalue weighted by molar-refractivity contribution is 6.02. The number of ketones is 1. The third-order valence-corrected chi connectivity index (χ3v) is 15.6. The average molecular weight is 1310 g/mol. The van der Waals surface area contributed by atoms with Crippen LogP contribution in [0.2, 0.25) is 0 Å². The highest BCUT2D eigenvalue weighted by Crippen LogP contribution is 2.21. The van der Waals surface area contributed by atoms with E-state index in [0.717, 1.165) is 0 Å². The van der Waals surface area contributed by atoms with Crippen molar-refractivity contribution in [1.82, 2.24) is 58.2 Å². The summed E-state index contributed by atoms with van der Waals surface area (Å²) in [6, 6.07) is 19.1. The van der Waals surface area contributed by atoms with Crippen molar-refractivity contribution in [2.24, 2.45) is 22.9 Å². The van der Waals surface area contributed by atoms with Gasteiger partial charge in [0.25, 0.3) is 0 Å². The number of Topliss-reactive ketones (excluding diaryl/α,β-unsaturated/α-hetero) is 1. The molecule has 7 rings (SSSR count). The SMILES string of the molecule is C[C@@H]1NC(=O)[C@H](CC(N)=O)NC(=O)[C@H](Cc2c[nH]c3ccccc23)NC(=O)[C@H](CCCNC(=N)N)NC(=O)[C@@H](Cc2ccccc2)NC(=O)[C@@H](NC(=O)[C@@H](N)Cc2ccc(O)cc2)CC(=O)N[C@H](CNC(=O)[C@@H](N)Cc2ccc(O)cc2)C(=O)[C@H](Cc2ccccc2)NC1=O. The van der Waals surface area contributed by atoms with E-state index in [-0.39, 0.29) is 63.0 Å². The number of hydrogen-bond donors (Lipinski definition) is 18. The largest absolute Gasteiger partial charge is 0.508 e. The van der Waals surface area contributed by atoms with Crippen LogP contribution in [0.25, 0.3) is 10.9 Å². The third kappa shape index (κ3) is 22.0. The summed E-state index contributed by atoms with van der Waals surface area (Å²) in [5, 5.41) is 54.0. The molecule has 1 aromatic heterocycles. The maximum absolute atomic E-state index is 15.3. The minimum Gasteiger partial charge on any atom is -0.508 e. The van der Waals surface area contributed by atoms with Gasteiger partial charge >= 0.3 is 0 Å². The second-order valence-electron chi connectivity index (χ2n) is 23.1. The van der Waals surface area contributed by atoms with Crippen LogP contribution in [0.15, 0.2) is 140 Å². The molecule has 1 aliphatic rings. The normalized spacial score (nSPS) is 21.1. The molecular weight excluding hydrogens is 1220 g/mol. The maximum Gasteiger partial charge on any atom is 0.243 e. The van der Waals surface area contributed by atoms with Gasteiger partial charge in [-0.05, 0) is 97.2 Å². The zero-order chi connectivity index (χ0) is 68.7. The summed E-state index contributed by atoms with van der Waals surface area (Å²) < 4.78 is 0. The zero-order valence-electron chi connectivity index (χ0n) is 52.0. The van der Waals surface area contributed by atoms with Crippen molar-refractivity contribution in [3.63, 3.8) is 0 Å². The molecule has 502 valence electrons. The number of nitrogens with two attached hydrogens (primary N) is 4. The van der Waals surface area contributed by atoms with Crippen molar-refractivity contribution in [2.75, 3.05) is 13.1 Å². The first kappa shape index (κ1) is 71.2. The number of aromatic amines is 1. The molecule has 1 aliphatic heterocycles. The number of phenols is 2. The Bertz CT molecular complexity index is 3710. The number of para-hydroxylation sites is 1. The molecule has 5 aromatic carbocycles. The van der Waals surface area contributed by atoms with Crippen LogP contribution in [0.3, 0.4) is 0 Å². The molecule has 0 unspecified atom stereocenters. The average Bonchev–Trinajstić information content (AvgIpc) is 1.76. The van der Waals surface area contributed by atoms with E-state index in [2.05, 4.69) is 58.2 Å². The molecule has 29 heteroatoms. The van der Waals surface area contributed by atoms with E-state index in [1.807, 2.05) is 0 Å². The molecule has 1 fully saturated rings. The van der Waals surface area contributed by atoms with E-state index in [9.17, 15) is 48.6 Å². The van der Waals surface area contributed by atoms with Crippen LogP contribution in [-0.2, 0) is 84.8 Å². The number of primary amides is 1. The molecule has 1 saturated heterocycles. The Morgan fingerprint density at radius 1 is 0.537 bits per heavy atom. The first-order chi connectivity index (χ1) is 45.4. The number of nitrogens with one attached hydrogen (secondary N) is 12. The standard InChI is InChI=1S/C66H80N16O13/c1-36-58(88)78-49(29-37-11-4-2-5-12-37)57(87)54(35-74-59(89)45(67)27-39-18-22-42(83)23-19-39)76-56(86)33-53(79-60(90)46(68)28-40-20-24-43(84)25-21-40)65(95)80-50(30-38-13-6-3-7-14-38)63(93)77-48(17-10-26-72-66(70)71)61(91)81-51(31-41-34-73-47-16-9-8-15-44(41)47)64(94)82-52(32-55(69)85)62(92)75-36/h2-9,11-16,18-25,34,36,45-46,48-54,73,83-84H,10,17,26-33,35,67-68H2,1H3,(H2,69,85)(H,74,89)(H,75,92)(H,76,86)(H,77,93)(H,78,88)(H,79,90)(H,80,95)(H,81,91)(H,82,94)(H4,70,71,72)/t36-,45-,46-,48-,49-,50+,51-,52-,53-,54+/m0/s1. The topological polar surface area (TPSA) is 492 Å². The summed E-state index contributed by atoms with van der Waals surface area (Å²) in [5.41, 5.74) is 27.1. The summed E-state index contributed by atoms with van der Waals surface area (Å²) >= 11 is 0. The number of benzene rings is 5. The minimum absolute atomic E-state index is 0.0121. The van der Waals surface area contributed by atoms with Crippen LogP contribution < -0.4 is 76.1 Å². The van der Waals surface area contributed by atoms with Crippen LogP contribution in [0, 0.1) is 5.41 Å². The Morgan fingerprint density at radius 2 is 1.03 bits per heavy atom. The number of phenolic OH excluding ortho intramolecular Hbond substituents is 2. The highest BCUT2D eigenvalue weighted by atomic mass is 16.3. The number of carbonyl (C=O) groups excluding carboxylic acids is 11. The summed E-state index contributed by atoms with van der Waals surface area (Å²) in [4.78, 5) is 162. The fourth-order valence-electron chi connectivity index (χ4n) is 10.5. The molecule has 95 heavy (non-hydrogen) atoms. The Labute approximate surface area is 546 Å². The van der Waals surface area contributed by atoms with E-state index in [1.54, 1.807) is 103 Å². The van der Waals surface area contributed by atoms with Crippen molar-refractivity contribution in [3.05, 3.63) is 167 Å². The molecule has 29 nitrogen and oxygen atoms in total. The number of hydrogen-bond acceptors (Lipinski definition) is 16. The molecule has 22 N–H and O–H groups in total. The van der Waals surface area contributed by atoms with E-state index in [4.69, 9.17) is 28.3 Å². The van der Waals surface area contributed by atoms with Crippen LogP contribution >= 0.6 is 0 Å². The predicted molar refractivity (Wildman–Crippen MR) is 349 cm³/mol. The maximum atomic E-state index is 15.3. The molecule has 0 radical (unpaired) electrons. The van der Waals surface area contributed by atoms with Gasteiger partial charge in [-0.15, -0.1) is 0 Å². The van der Waals surface area contributed by atoms with Crippen LogP contribution in [0.5, 0.6) is 11.5 Å². The lowest BCUT2D eigenvalue weighted by Crippen LogP contribution is -2.62. The van der Waals surface area contributed by atoms with Crippen LogP contribution in [0.4, 0.5) is 0 Å². The quantitative estimate of drug-likeness (QED) is 0.0208. The molecule has 10 amide bonds. The summed E-state index contributed by atoms with van der Waals surface area (Å²) in [6.07, 6.45) is -1.36. The Morgan fingerprint density at radius 3 is 1.62 bits per heavy atom. The molecule has 0 spiro atoms. The molecule has 6 aromatic rings. The van der Waals surface area contributed by atoms with E-state index < -0.39 is 151 Å².